The molecule has 2 rings (SSSR count). The van der Waals surface area contributed by atoms with Gasteiger partial charge in [-0.05, 0) is 39.5 Å². The molecule has 1 saturated carbocycles. The van der Waals surface area contributed by atoms with Crippen LogP contribution in [0.1, 0.15) is 39.5 Å². The minimum Gasteiger partial charge on any atom is -0.465 e. The van der Waals surface area contributed by atoms with Gasteiger partial charge in [0.1, 0.15) is 12.3 Å². The molecule has 0 aromatic carbocycles. The van der Waals surface area contributed by atoms with Crippen molar-refractivity contribution in [2.75, 3.05) is 13.2 Å². The summed E-state index contributed by atoms with van der Waals surface area (Å²) < 4.78 is 5.69. The van der Waals surface area contributed by atoms with Crippen LogP contribution in [-0.4, -0.2) is 46.9 Å². The zero-order valence-corrected chi connectivity index (χ0v) is 12.0. The molecule has 0 unspecified atom stereocenters. The van der Waals surface area contributed by atoms with E-state index in [9.17, 15) is 9.59 Å². The van der Waals surface area contributed by atoms with Crippen LogP contribution in [0.5, 0.6) is 0 Å². The Hall–Kier alpha value is -1.56. The molecule has 1 saturated heterocycles. The molecule has 2 fully saturated rings. The monoisotopic (exact) mass is 282 g/mol. The standard InChI is InChI=1S/C14H22N2O4/c1-14(2)16(12(17)8-15-13(18)19)11(9-20-14)7-10-5-3-4-6-10/h7,11,15H,3-6,8-9H2,1-2H3,(H,18,19)/t11-/m0/s1. The van der Waals surface area contributed by atoms with Crippen molar-refractivity contribution >= 4 is 12.0 Å². The number of rotatable bonds is 3. The molecule has 20 heavy (non-hydrogen) atoms. The number of hydrogen-bond donors (Lipinski definition) is 2. The van der Waals surface area contributed by atoms with Crippen LogP contribution < -0.4 is 5.32 Å². The van der Waals surface area contributed by atoms with Crippen LogP contribution in [-0.2, 0) is 9.53 Å². The third-order valence-corrected chi connectivity index (χ3v) is 3.85. The van der Waals surface area contributed by atoms with Crippen molar-refractivity contribution in [3.8, 4) is 0 Å². The topological polar surface area (TPSA) is 78.9 Å². The Kier molecular flexibility index (Phi) is 4.32. The van der Waals surface area contributed by atoms with E-state index in [4.69, 9.17) is 9.84 Å². The Labute approximate surface area is 118 Å². The van der Waals surface area contributed by atoms with Gasteiger partial charge in [-0.3, -0.25) is 4.79 Å². The fourth-order valence-corrected chi connectivity index (χ4v) is 2.94. The van der Waals surface area contributed by atoms with Gasteiger partial charge >= 0.3 is 6.09 Å². The van der Waals surface area contributed by atoms with Crippen molar-refractivity contribution in [2.24, 2.45) is 0 Å². The van der Waals surface area contributed by atoms with Gasteiger partial charge in [-0.25, -0.2) is 4.79 Å². The fraction of sp³-hybridized carbons (Fsp3) is 0.714. The van der Waals surface area contributed by atoms with Gasteiger partial charge < -0.3 is 20.1 Å². The number of allylic oxidation sites excluding steroid dienone is 1. The molecule has 6 heteroatoms. The van der Waals surface area contributed by atoms with E-state index in [0.717, 1.165) is 12.8 Å². The van der Waals surface area contributed by atoms with Gasteiger partial charge in [0.25, 0.3) is 0 Å². The maximum atomic E-state index is 12.2. The third kappa shape index (κ3) is 3.30. The van der Waals surface area contributed by atoms with E-state index in [-0.39, 0.29) is 18.5 Å². The van der Waals surface area contributed by atoms with Gasteiger partial charge in [0.2, 0.25) is 5.91 Å². The molecule has 0 spiro atoms. The highest BCUT2D eigenvalue weighted by atomic mass is 16.5. The third-order valence-electron chi connectivity index (χ3n) is 3.85. The Balaban J connectivity index is 2.09. The molecule has 1 aliphatic carbocycles. The Morgan fingerprint density at radius 2 is 2.10 bits per heavy atom. The lowest BCUT2D eigenvalue weighted by Gasteiger charge is -2.33. The molecule has 2 aliphatic rings. The van der Waals surface area contributed by atoms with Gasteiger partial charge in [0.05, 0.1) is 12.6 Å². The molecule has 0 radical (unpaired) electrons. The summed E-state index contributed by atoms with van der Waals surface area (Å²) in [7, 11) is 0. The smallest absolute Gasteiger partial charge is 0.405 e. The second-order valence-corrected chi connectivity index (χ2v) is 5.78. The highest BCUT2D eigenvalue weighted by Crippen LogP contribution is 2.31. The predicted octanol–water partition coefficient (Wildman–Crippen LogP) is 1.72. The van der Waals surface area contributed by atoms with Crippen LogP contribution in [0.2, 0.25) is 0 Å². The van der Waals surface area contributed by atoms with E-state index >= 15 is 0 Å². The van der Waals surface area contributed by atoms with E-state index < -0.39 is 11.8 Å². The van der Waals surface area contributed by atoms with Crippen molar-refractivity contribution in [1.29, 1.82) is 0 Å². The highest BCUT2D eigenvalue weighted by molar-refractivity contribution is 5.83. The number of carboxylic acid groups (broad SMARTS) is 1. The van der Waals surface area contributed by atoms with Crippen molar-refractivity contribution in [2.45, 2.75) is 51.3 Å². The predicted molar refractivity (Wildman–Crippen MR) is 73.2 cm³/mol. The number of carbonyl (C=O) groups is 2. The Bertz CT molecular complexity index is 423. The van der Waals surface area contributed by atoms with E-state index in [1.165, 1.54) is 18.4 Å². The van der Waals surface area contributed by atoms with E-state index in [2.05, 4.69) is 11.4 Å². The maximum Gasteiger partial charge on any atom is 0.405 e. The first kappa shape index (κ1) is 14.8. The first-order valence-electron chi connectivity index (χ1n) is 7.02. The molecule has 112 valence electrons. The lowest BCUT2D eigenvalue weighted by molar-refractivity contribution is -0.144. The average molecular weight is 282 g/mol. The maximum absolute atomic E-state index is 12.2. The summed E-state index contributed by atoms with van der Waals surface area (Å²) in [6.45, 7) is 3.91. The second-order valence-electron chi connectivity index (χ2n) is 5.78. The van der Waals surface area contributed by atoms with Crippen LogP contribution in [0.3, 0.4) is 0 Å². The highest BCUT2D eigenvalue weighted by Gasteiger charge is 2.42. The van der Waals surface area contributed by atoms with Gasteiger partial charge in [-0.1, -0.05) is 11.6 Å². The summed E-state index contributed by atoms with van der Waals surface area (Å²) in [6.07, 6.45) is 5.52. The molecule has 2 amide bonds. The summed E-state index contributed by atoms with van der Waals surface area (Å²) in [5, 5.41) is 10.7. The van der Waals surface area contributed by atoms with Gasteiger partial charge in [-0.15, -0.1) is 0 Å². The number of amides is 2. The summed E-state index contributed by atoms with van der Waals surface area (Å²) in [4.78, 5) is 24.4. The van der Waals surface area contributed by atoms with Crippen LogP contribution in [0.25, 0.3) is 0 Å². The molecule has 1 aliphatic heterocycles. The average Bonchev–Trinajstić information content (AvgIpc) is 2.95. The van der Waals surface area contributed by atoms with Crippen LogP contribution in [0.15, 0.2) is 11.6 Å². The van der Waals surface area contributed by atoms with Crippen molar-refractivity contribution in [3.63, 3.8) is 0 Å². The summed E-state index contributed by atoms with van der Waals surface area (Å²) >= 11 is 0. The minimum absolute atomic E-state index is 0.0961. The SMILES string of the molecule is CC1(C)OC[C@H](C=C2CCCC2)N1C(=O)CNC(=O)O. The van der Waals surface area contributed by atoms with E-state index in [0.29, 0.717) is 6.61 Å². The first-order valence-corrected chi connectivity index (χ1v) is 7.02. The molecule has 1 atom stereocenters. The molecular weight excluding hydrogens is 260 g/mol. The molecule has 1 heterocycles. The number of carbonyl (C=O) groups excluding carboxylic acids is 1. The Morgan fingerprint density at radius 3 is 2.70 bits per heavy atom. The van der Waals surface area contributed by atoms with E-state index in [1.807, 2.05) is 13.8 Å². The lowest BCUT2D eigenvalue weighted by atomic mass is 10.1. The van der Waals surface area contributed by atoms with Crippen LogP contribution >= 0.6 is 0 Å². The zero-order valence-electron chi connectivity index (χ0n) is 12.0. The lowest BCUT2D eigenvalue weighted by Crippen LogP contribution is -2.51. The largest absolute Gasteiger partial charge is 0.465 e. The number of nitrogens with one attached hydrogen (secondary N) is 1. The first-order chi connectivity index (χ1) is 9.40. The summed E-state index contributed by atoms with van der Waals surface area (Å²) in [5.74, 6) is -0.255. The molecule has 6 nitrogen and oxygen atoms in total. The Morgan fingerprint density at radius 1 is 1.45 bits per heavy atom. The van der Waals surface area contributed by atoms with Gasteiger partial charge in [0, 0.05) is 0 Å². The number of ether oxygens (including phenoxy) is 1. The van der Waals surface area contributed by atoms with Crippen molar-refractivity contribution < 1.29 is 19.4 Å². The van der Waals surface area contributed by atoms with Crippen molar-refractivity contribution in [1.82, 2.24) is 10.2 Å². The summed E-state index contributed by atoms with van der Waals surface area (Å²) in [6, 6.07) is -0.0961. The molecule has 0 aromatic rings. The second kappa shape index (κ2) is 5.83. The minimum atomic E-state index is -1.19. The summed E-state index contributed by atoms with van der Waals surface area (Å²) in [5.41, 5.74) is 0.678. The van der Waals surface area contributed by atoms with E-state index in [1.54, 1.807) is 4.90 Å². The van der Waals surface area contributed by atoms with Crippen LogP contribution in [0, 0.1) is 0 Å². The van der Waals surface area contributed by atoms with Gasteiger partial charge in [-0.2, -0.15) is 0 Å². The zero-order chi connectivity index (χ0) is 14.8. The fourth-order valence-electron chi connectivity index (χ4n) is 2.94. The van der Waals surface area contributed by atoms with Crippen molar-refractivity contribution in [3.05, 3.63) is 11.6 Å². The van der Waals surface area contributed by atoms with Crippen LogP contribution in [0.4, 0.5) is 4.79 Å². The van der Waals surface area contributed by atoms with Gasteiger partial charge in [0.15, 0.2) is 0 Å². The molecular formula is C14H22N2O4. The number of nitrogens with zero attached hydrogens (tertiary/aromatic N) is 1. The quantitative estimate of drug-likeness (QED) is 0.772. The molecule has 0 bridgehead atoms. The normalized spacial score (nSPS) is 24.8. The molecule has 0 aromatic heterocycles. The molecule has 2 N–H and O–H groups in total. The number of hydrogen-bond acceptors (Lipinski definition) is 3.